The lowest BCUT2D eigenvalue weighted by Crippen LogP contribution is -2.40. The van der Waals surface area contributed by atoms with Crippen molar-refractivity contribution in [2.75, 3.05) is 26.2 Å². The Labute approximate surface area is 169 Å². The Bertz CT molecular complexity index is 887. The number of aliphatic carboxylic acids is 1. The molecule has 3 rings (SSSR count). The van der Waals surface area contributed by atoms with E-state index in [1.165, 1.54) is 44.4 Å². The molecule has 1 unspecified atom stereocenters. The fourth-order valence-corrected chi connectivity index (χ4v) is 6.31. The summed E-state index contributed by atoms with van der Waals surface area (Å²) < 4.78 is 29.7. The number of benzene rings is 1. The molecule has 1 aromatic heterocycles. The van der Waals surface area contributed by atoms with Gasteiger partial charge in [-0.25, -0.2) is 8.42 Å². The third-order valence-corrected chi connectivity index (χ3v) is 9.00. The third-order valence-electron chi connectivity index (χ3n) is 5.24. The zero-order valence-corrected chi connectivity index (χ0v) is 17.5. The number of hydrogen-bond donors (Lipinski definition) is 1. The van der Waals surface area contributed by atoms with Crippen LogP contribution < -0.4 is 4.74 Å². The molecule has 0 bridgehead atoms. The molecule has 6 nitrogen and oxygen atoms in total. The number of thiophene rings is 1. The van der Waals surface area contributed by atoms with E-state index in [0.717, 1.165) is 31.0 Å². The van der Waals surface area contributed by atoms with E-state index in [-0.39, 0.29) is 9.77 Å². The van der Waals surface area contributed by atoms with Gasteiger partial charge in [0.2, 0.25) is 9.84 Å². The monoisotopic (exact) mass is 423 g/mol. The van der Waals surface area contributed by atoms with Gasteiger partial charge in [0.15, 0.2) is 4.75 Å². The van der Waals surface area contributed by atoms with Gasteiger partial charge in [-0.05, 0) is 62.0 Å². The Kier molecular flexibility index (Phi) is 6.42. The first-order chi connectivity index (χ1) is 13.4. The van der Waals surface area contributed by atoms with Crippen LogP contribution in [0.4, 0.5) is 0 Å². The molecule has 0 aliphatic carbocycles. The summed E-state index contributed by atoms with van der Waals surface area (Å²) in [5, 5.41) is 11.4. The van der Waals surface area contributed by atoms with Crippen LogP contribution in [0.3, 0.4) is 0 Å². The van der Waals surface area contributed by atoms with Gasteiger partial charge in [0.05, 0.1) is 0 Å². The second-order valence-electron chi connectivity index (χ2n) is 7.05. The molecule has 2 heterocycles. The van der Waals surface area contributed by atoms with E-state index < -0.39 is 20.6 Å². The van der Waals surface area contributed by atoms with Gasteiger partial charge in [-0.1, -0.05) is 24.6 Å². The number of hydrogen-bond acceptors (Lipinski definition) is 6. The van der Waals surface area contributed by atoms with Gasteiger partial charge in [0.1, 0.15) is 16.6 Å². The first-order valence-electron chi connectivity index (χ1n) is 9.33. The highest BCUT2D eigenvalue weighted by Gasteiger charge is 2.49. The minimum absolute atomic E-state index is 0.0410. The maximum absolute atomic E-state index is 13.0. The molecule has 28 heavy (non-hydrogen) atoms. The van der Waals surface area contributed by atoms with Crippen LogP contribution in [-0.4, -0.2) is 50.6 Å². The van der Waals surface area contributed by atoms with Gasteiger partial charge in [0, 0.05) is 6.54 Å². The Morgan fingerprint density at radius 3 is 2.43 bits per heavy atom. The number of sulfone groups is 1. The van der Waals surface area contributed by atoms with Crippen molar-refractivity contribution in [1.82, 2.24) is 4.90 Å². The van der Waals surface area contributed by atoms with Crippen LogP contribution in [0.5, 0.6) is 5.75 Å². The molecule has 1 aliphatic heterocycles. The lowest BCUT2D eigenvalue weighted by Gasteiger charge is -2.26. The van der Waals surface area contributed by atoms with Gasteiger partial charge >= 0.3 is 5.97 Å². The molecule has 0 saturated carbocycles. The number of carbonyl (C=O) groups is 1. The Morgan fingerprint density at radius 2 is 1.86 bits per heavy atom. The number of ether oxygens (including phenoxy) is 1. The van der Waals surface area contributed by atoms with Crippen LogP contribution in [-0.2, 0) is 19.4 Å². The first kappa shape index (κ1) is 20.8. The molecule has 152 valence electrons. The molecule has 1 N–H and O–H groups in total. The van der Waals surface area contributed by atoms with Crippen molar-refractivity contribution in [3.8, 4) is 5.75 Å². The summed E-state index contributed by atoms with van der Waals surface area (Å²) in [5.41, 5.74) is 0.205. The number of carboxylic acid groups (broad SMARTS) is 1. The van der Waals surface area contributed by atoms with Crippen LogP contribution in [0.15, 0.2) is 46.0 Å². The van der Waals surface area contributed by atoms with Crippen LogP contribution in [0.1, 0.15) is 31.7 Å². The summed E-state index contributed by atoms with van der Waals surface area (Å²) in [6.45, 7) is 4.82. The van der Waals surface area contributed by atoms with E-state index in [9.17, 15) is 18.3 Å². The van der Waals surface area contributed by atoms with E-state index in [1.54, 1.807) is 23.6 Å². The average molecular weight is 424 g/mol. The fraction of sp³-hybridized carbons (Fsp3) is 0.450. The molecule has 1 aliphatic rings. The van der Waals surface area contributed by atoms with E-state index in [2.05, 4.69) is 4.90 Å². The number of nitrogens with zero attached hydrogens (tertiary/aromatic N) is 1. The van der Waals surface area contributed by atoms with Gasteiger partial charge < -0.3 is 9.84 Å². The SMILES string of the molecule is CC(C(=O)O)(c1ccc(OCCN2CCCCC2)cc1)S(=O)(=O)c1cccs1. The molecular weight excluding hydrogens is 398 g/mol. The molecule has 1 fully saturated rings. The molecule has 1 aromatic carbocycles. The molecule has 0 radical (unpaired) electrons. The Hall–Kier alpha value is -1.90. The minimum atomic E-state index is -4.08. The maximum atomic E-state index is 13.0. The van der Waals surface area contributed by atoms with Crippen molar-refractivity contribution in [2.24, 2.45) is 0 Å². The largest absolute Gasteiger partial charge is 0.492 e. The highest BCUT2D eigenvalue weighted by atomic mass is 32.2. The summed E-state index contributed by atoms with van der Waals surface area (Å²) in [5.74, 6) is -0.804. The summed E-state index contributed by atoms with van der Waals surface area (Å²) in [4.78, 5) is 14.4. The van der Waals surface area contributed by atoms with Crippen LogP contribution in [0.2, 0.25) is 0 Å². The van der Waals surface area contributed by atoms with Gasteiger partial charge in [-0.2, -0.15) is 0 Å². The second kappa shape index (κ2) is 8.63. The van der Waals surface area contributed by atoms with Gasteiger partial charge in [0.25, 0.3) is 0 Å². The number of likely N-dealkylation sites (tertiary alicyclic amines) is 1. The highest BCUT2D eigenvalue weighted by Crippen LogP contribution is 2.38. The van der Waals surface area contributed by atoms with Crippen LogP contribution >= 0.6 is 11.3 Å². The minimum Gasteiger partial charge on any atom is -0.492 e. The van der Waals surface area contributed by atoms with Crippen molar-refractivity contribution in [1.29, 1.82) is 0 Å². The highest BCUT2D eigenvalue weighted by molar-refractivity contribution is 7.95. The lowest BCUT2D eigenvalue weighted by atomic mass is 10.0. The zero-order valence-electron chi connectivity index (χ0n) is 15.8. The summed E-state index contributed by atoms with van der Waals surface area (Å²) in [6, 6.07) is 9.34. The third kappa shape index (κ3) is 4.09. The van der Waals surface area contributed by atoms with Gasteiger partial charge in [-0.15, -0.1) is 11.3 Å². The standard InChI is InChI=1S/C20H25NO5S2/c1-20(19(22)23,28(24,25)18-6-5-15-27-18)16-7-9-17(10-8-16)26-14-13-21-11-3-2-4-12-21/h5-10,15H,2-4,11-14H2,1H3,(H,22,23). The topological polar surface area (TPSA) is 83.9 Å². The molecule has 8 heteroatoms. The van der Waals surface area contributed by atoms with Crippen LogP contribution in [0, 0.1) is 0 Å². The predicted octanol–water partition coefficient (Wildman–Crippen LogP) is 3.39. The van der Waals surface area contributed by atoms with Crippen molar-refractivity contribution in [2.45, 2.75) is 35.1 Å². The van der Waals surface area contributed by atoms with E-state index >= 15 is 0 Å². The second-order valence-corrected chi connectivity index (χ2v) is 10.5. The molecule has 0 amide bonds. The molecule has 1 saturated heterocycles. The summed E-state index contributed by atoms with van der Waals surface area (Å²) >= 11 is 1.02. The molecule has 0 spiro atoms. The molecule has 1 atom stereocenters. The zero-order chi connectivity index (χ0) is 20.2. The molecular formula is C20H25NO5S2. The Morgan fingerprint density at radius 1 is 1.18 bits per heavy atom. The normalized spacial score (nSPS) is 17.8. The quantitative estimate of drug-likeness (QED) is 0.701. The average Bonchev–Trinajstić information content (AvgIpc) is 3.24. The van der Waals surface area contributed by atoms with Crippen LogP contribution in [0.25, 0.3) is 0 Å². The van der Waals surface area contributed by atoms with Gasteiger partial charge in [-0.3, -0.25) is 9.69 Å². The fourth-order valence-electron chi connectivity index (χ4n) is 3.36. The van der Waals surface area contributed by atoms with E-state index in [0.29, 0.717) is 12.4 Å². The molecule has 2 aromatic rings. The number of piperidine rings is 1. The summed E-state index contributed by atoms with van der Waals surface area (Å²) in [6.07, 6.45) is 3.73. The number of carboxylic acids is 1. The maximum Gasteiger partial charge on any atom is 0.329 e. The Balaban J connectivity index is 1.73. The van der Waals surface area contributed by atoms with E-state index in [4.69, 9.17) is 4.74 Å². The van der Waals surface area contributed by atoms with Crippen molar-refractivity contribution >= 4 is 27.1 Å². The predicted molar refractivity (Wildman–Crippen MR) is 109 cm³/mol. The lowest BCUT2D eigenvalue weighted by molar-refractivity contribution is -0.139. The summed E-state index contributed by atoms with van der Waals surface area (Å²) in [7, 11) is -4.08. The van der Waals surface area contributed by atoms with Crippen molar-refractivity contribution < 1.29 is 23.1 Å². The van der Waals surface area contributed by atoms with E-state index in [1.807, 2.05) is 0 Å². The van der Waals surface area contributed by atoms with Crippen molar-refractivity contribution in [3.05, 3.63) is 47.3 Å². The number of rotatable bonds is 8. The smallest absolute Gasteiger partial charge is 0.329 e. The first-order valence-corrected chi connectivity index (χ1v) is 11.7. The van der Waals surface area contributed by atoms with Crippen molar-refractivity contribution in [3.63, 3.8) is 0 Å².